The Balaban J connectivity index is 1.89. The molecule has 2 rings (SSSR count). The van der Waals surface area contributed by atoms with Crippen LogP contribution in [-0.2, 0) is 0 Å². The number of aliphatic hydroxyl groups excluding tert-OH is 1. The molecule has 5 nitrogen and oxygen atoms in total. The normalized spacial score (nSPS) is 16.6. The van der Waals surface area contributed by atoms with E-state index >= 15 is 0 Å². The van der Waals surface area contributed by atoms with E-state index in [1.54, 1.807) is 6.33 Å². The Morgan fingerprint density at radius 2 is 2.18 bits per heavy atom. The number of anilines is 2. The molecule has 17 heavy (non-hydrogen) atoms. The van der Waals surface area contributed by atoms with Crippen LogP contribution in [0.3, 0.4) is 0 Å². The Morgan fingerprint density at radius 1 is 1.41 bits per heavy atom. The molecule has 3 N–H and O–H groups in total. The van der Waals surface area contributed by atoms with Crippen molar-refractivity contribution in [2.75, 3.05) is 23.8 Å². The van der Waals surface area contributed by atoms with Crippen molar-refractivity contribution in [2.24, 2.45) is 5.92 Å². The van der Waals surface area contributed by atoms with Crippen molar-refractivity contribution >= 4 is 11.6 Å². The predicted molar refractivity (Wildman–Crippen MR) is 68.0 cm³/mol. The van der Waals surface area contributed by atoms with Crippen molar-refractivity contribution in [3.8, 4) is 0 Å². The van der Waals surface area contributed by atoms with E-state index in [-0.39, 0.29) is 12.6 Å². The second kappa shape index (κ2) is 5.82. The minimum absolute atomic E-state index is 0.0567. The smallest absolute Gasteiger partial charge is 0.131 e. The van der Waals surface area contributed by atoms with E-state index in [1.807, 2.05) is 13.0 Å². The summed E-state index contributed by atoms with van der Waals surface area (Å²) in [5, 5.41) is 15.6. The van der Waals surface area contributed by atoms with Crippen LogP contribution in [0, 0.1) is 5.92 Å². The summed E-state index contributed by atoms with van der Waals surface area (Å²) in [6.07, 6.45) is 5.06. The zero-order valence-electron chi connectivity index (χ0n) is 10.2. The van der Waals surface area contributed by atoms with E-state index in [0.29, 0.717) is 0 Å². The lowest BCUT2D eigenvalue weighted by atomic mass is 10.2. The predicted octanol–water partition coefficient (Wildman–Crippen LogP) is 1.48. The molecular formula is C12H20N4O. The van der Waals surface area contributed by atoms with Gasteiger partial charge in [0.25, 0.3) is 0 Å². The van der Waals surface area contributed by atoms with Crippen LogP contribution in [0.25, 0.3) is 0 Å². The number of hydrogen-bond acceptors (Lipinski definition) is 5. The number of rotatable bonds is 7. The number of aliphatic hydroxyl groups is 1. The Morgan fingerprint density at radius 3 is 2.82 bits per heavy atom. The largest absolute Gasteiger partial charge is 0.394 e. The van der Waals surface area contributed by atoms with Gasteiger partial charge in [-0.15, -0.1) is 0 Å². The minimum atomic E-state index is 0.0567. The lowest BCUT2D eigenvalue weighted by molar-refractivity contribution is 0.271. The van der Waals surface area contributed by atoms with Crippen molar-refractivity contribution in [1.82, 2.24) is 9.97 Å². The van der Waals surface area contributed by atoms with Crippen LogP contribution in [0.4, 0.5) is 11.6 Å². The Bertz CT molecular complexity index is 350. The van der Waals surface area contributed by atoms with Gasteiger partial charge < -0.3 is 15.7 Å². The molecule has 0 spiro atoms. The fourth-order valence-electron chi connectivity index (χ4n) is 1.59. The topological polar surface area (TPSA) is 70.1 Å². The summed E-state index contributed by atoms with van der Waals surface area (Å²) in [5.41, 5.74) is 0. The Hall–Kier alpha value is -1.36. The standard InChI is InChI=1S/C12H20N4O/c1-2-10(7-17)16-12-5-11(14-8-15-12)13-6-9-3-4-9/h5,8-10,17H,2-4,6-7H2,1H3,(H2,13,14,15,16)/t10-/m0/s1. The van der Waals surface area contributed by atoms with Gasteiger partial charge in [0.15, 0.2) is 0 Å². The lowest BCUT2D eigenvalue weighted by Gasteiger charge is -2.15. The first kappa shape index (κ1) is 12.1. The Labute approximate surface area is 102 Å². The van der Waals surface area contributed by atoms with E-state index in [9.17, 15) is 0 Å². The van der Waals surface area contributed by atoms with Crippen molar-refractivity contribution in [3.63, 3.8) is 0 Å². The van der Waals surface area contributed by atoms with Crippen LogP contribution in [0.2, 0.25) is 0 Å². The molecule has 0 aliphatic heterocycles. The van der Waals surface area contributed by atoms with Crippen LogP contribution in [-0.4, -0.2) is 34.3 Å². The summed E-state index contributed by atoms with van der Waals surface area (Å²) in [6.45, 7) is 3.14. The van der Waals surface area contributed by atoms with Crippen LogP contribution in [0.5, 0.6) is 0 Å². The second-order valence-corrected chi connectivity index (χ2v) is 4.54. The van der Waals surface area contributed by atoms with Crippen molar-refractivity contribution in [1.29, 1.82) is 0 Å². The summed E-state index contributed by atoms with van der Waals surface area (Å²) >= 11 is 0. The van der Waals surface area contributed by atoms with E-state index in [2.05, 4.69) is 20.6 Å². The molecule has 0 amide bonds. The molecule has 1 heterocycles. The first-order chi connectivity index (χ1) is 8.31. The number of nitrogens with zero attached hydrogens (tertiary/aromatic N) is 2. The third-order valence-electron chi connectivity index (χ3n) is 3.00. The highest BCUT2D eigenvalue weighted by atomic mass is 16.3. The van der Waals surface area contributed by atoms with Gasteiger partial charge in [0.1, 0.15) is 18.0 Å². The highest BCUT2D eigenvalue weighted by molar-refractivity contribution is 5.47. The summed E-state index contributed by atoms with van der Waals surface area (Å²) in [5.74, 6) is 2.43. The van der Waals surface area contributed by atoms with Gasteiger partial charge in [-0.3, -0.25) is 0 Å². The lowest BCUT2D eigenvalue weighted by Crippen LogP contribution is -2.23. The maximum absolute atomic E-state index is 9.12. The van der Waals surface area contributed by atoms with Gasteiger partial charge in [-0.2, -0.15) is 0 Å². The summed E-state index contributed by atoms with van der Waals surface area (Å²) in [7, 11) is 0. The number of nitrogens with one attached hydrogen (secondary N) is 2. The van der Waals surface area contributed by atoms with Crippen molar-refractivity contribution in [3.05, 3.63) is 12.4 Å². The van der Waals surface area contributed by atoms with Crippen LogP contribution in [0.15, 0.2) is 12.4 Å². The van der Waals surface area contributed by atoms with Gasteiger partial charge in [0, 0.05) is 12.6 Å². The maximum atomic E-state index is 9.12. The van der Waals surface area contributed by atoms with Crippen LogP contribution in [0.1, 0.15) is 26.2 Å². The maximum Gasteiger partial charge on any atom is 0.131 e. The fourth-order valence-corrected chi connectivity index (χ4v) is 1.59. The molecular weight excluding hydrogens is 216 g/mol. The van der Waals surface area contributed by atoms with Gasteiger partial charge >= 0.3 is 0 Å². The van der Waals surface area contributed by atoms with Crippen LogP contribution >= 0.6 is 0 Å². The third-order valence-corrected chi connectivity index (χ3v) is 3.00. The quantitative estimate of drug-likeness (QED) is 0.669. The molecule has 0 bridgehead atoms. The fraction of sp³-hybridized carbons (Fsp3) is 0.667. The van der Waals surface area contributed by atoms with Gasteiger partial charge in [-0.05, 0) is 25.2 Å². The monoisotopic (exact) mass is 236 g/mol. The molecule has 1 saturated carbocycles. The molecule has 1 aromatic rings. The highest BCUT2D eigenvalue weighted by Gasteiger charge is 2.20. The van der Waals surface area contributed by atoms with Gasteiger partial charge in [0.05, 0.1) is 12.6 Å². The molecule has 0 saturated heterocycles. The molecule has 94 valence electrons. The van der Waals surface area contributed by atoms with E-state index in [1.165, 1.54) is 12.8 Å². The SMILES string of the molecule is CC[C@@H](CO)Nc1cc(NCC2CC2)ncn1. The first-order valence-electron chi connectivity index (χ1n) is 6.25. The van der Waals surface area contributed by atoms with Gasteiger partial charge in [-0.25, -0.2) is 9.97 Å². The third kappa shape index (κ3) is 3.85. The summed E-state index contributed by atoms with van der Waals surface area (Å²) < 4.78 is 0. The van der Waals surface area contributed by atoms with Gasteiger partial charge in [0.2, 0.25) is 0 Å². The molecule has 1 fully saturated rings. The van der Waals surface area contributed by atoms with Crippen molar-refractivity contribution in [2.45, 2.75) is 32.2 Å². The molecule has 1 aliphatic carbocycles. The van der Waals surface area contributed by atoms with Crippen molar-refractivity contribution < 1.29 is 5.11 Å². The molecule has 5 heteroatoms. The number of hydrogen-bond donors (Lipinski definition) is 3. The van der Waals surface area contributed by atoms with Crippen LogP contribution < -0.4 is 10.6 Å². The van der Waals surface area contributed by atoms with E-state index < -0.39 is 0 Å². The van der Waals surface area contributed by atoms with E-state index in [0.717, 1.165) is 30.5 Å². The summed E-state index contributed by atoms with van der Waals surface area (Å²) in [6, 6.07) is 1.95. The number of aromatic nitrogens is 2. The zero-order chi connectivity index (χ0) is 12.1. The molecule has 1 atom stereocenters. The average molecular weight is 236 g/mol. The zero-order valence-corrected chi connectivity index (χ0v) is 10.2. The van der Waals surface area contributed by atoms with Gasteiger partial charge in [-0.1, -0.05) is 6.92 Å². The first-order valence-corrected chi connectivity index (χ1v) is 6.25. The molecule has 0 aromatic carbocycles. The minimum Gasteiger partial charge on any atom is -0.394 e. The Kier molecular flexibility index (Phi) is 4.14. The molecule has 1 aliphatic rings. The highest BCUT2D eigenvalue weighted by Crippen LogP contribution is 2.28. The molecule has 1 aromatic heterocycles. The summed E-state index contributed by atoms with van der Waals surface area (Å²) in [4.78, 5) is 8.32. The molecule has 0 radical (unpaired) electrons. The second-order valence-electron chi connectivity index (χ2n) is 4.54. The molecule has 0 unspecified atom stereocenters. The van der Waals surface area contributed by atoms with E-state index in [4.69, 9.17) is 5.11 Å². The average Bonchev–Trinajstić information content (AvgIpc) is 3.18.